The van der Waals surface area contributed by atoms with E-state index in [-0.39, 0.29) is 31.4 Å². The molecule has 0 radical (unpaired) electrons. The first-order chi connectivity index (χ1) is 7.85. The first-order valence-electron chi connectivity index (χ1n) is 5.52. The number of carbonyl (C=O) groups excluding carboxylic acids is 1. The van der Waals surface area contributed by atoms with Crippen LogP contribution in [0.1, 0.15) is 13.3 Å². The summed E-state index contributed by atoms with van der Waals surface area (Å²) >= 11 is 0. The molecule has 0 atom stereocenters. The van der Waals surface area contributed by atoms with Crippen molar-refractivity contribution >= 4 is 15.9 Å². The van der Waals surface area contributed by atoms with Crippen molar-refractivity contribution in [3.63, 3.8) is 0 Å². The summed E-state index contributed by atoms with van der Waals surface area (Å²) in [6.45, 7) is 2.15. The lowest BCUT2D eigenvalue weighted by Gasteiger charge is -2.22. The van der Waals surface area contributed by atoms with Crippen LogP contribution >= 0.6 is 0 Å². The van der Waals surface area contributed by atoms with E-state index < -0.39 is 10.0 Å². The van der Waals surface area contributed by atoms with Crippen molar-refractivity contribution in [3.8, 4) is 0 Å². The number of ether oxygens (including phenoxy) is 1. The summed E-state index contributed by atoms with van der Waals surface area (Å²) in [6.07, 6.45) is 0.530. The smallest absolute Gasteiger partial charge is 0.237 e. The summed E-state index contributed by atoms with van der Waals surface area (Å²) < 4.78 is 29.8. The maximum Gasteiger partial charge on any atom is 0.237 e. The van der Waals surface area contributed by atoms with Gasteiger partial charge in [-0.05, 0) is 6.42 Å². The van der Waals surface area contributed by atoms with Crippen LogP contribution in [0.15, 0.2) is 0 Å². The van der Waals surface area contributed by atoms with Crippen molar-refractivity contribution in [2.75, 3.05) is 46.7 Å². The summed E-state index contributed by atoms with van der Waals surface area (Å²) in [5.74, 6) is -0.182. The molecule has 6 nitrogen and oxygen atoms in total. The monoisotopic (exact) mass is 266 g/mol. The third kappa shape index (κ3) is 5.99. The van der Waals surface area contributed by atoms with Gasteiger partial charge in [0.25, 0.3) is 0 Å². The molecule has 0 aliphatic rings. The van der Waals surface area contributed by atoms with E-state index in [0.717, 1.165) is 0 Å². The Balaban J connectivity index is 4.70. The van der Waals surface area contributed by atoms with Gasteiger partial charge in [-0.15, -0.1) is 0 Å². The number of carbonyl (C=O) groups is 1. The molecule has 0 fully saturated rings. The highest BCUT2D eigenvalue weighted by Gasteiger charge is 2.23. The molecule has 0 rings (SSSR count). The van der Waals surface area contributed by atoms with Crippen molar-refractivity contribution in [2.45, 2.75) is 13.3 Å². The van der Waals surface area contributed by atoms with Crippen LogP contribution in [-0.2, 0) is 19.6 Å². The van der Waals surface area contributed by atoms with E-state index in [1.54, 1.807) is 21.0 Å². The zero-order valence-electron chi connectivity index (χ0n) is 11.0. The van der Waals surface area contributed by atoms with E-state index in [0.29, 0.717) is 6.42 Å². The van der Waals surface area contributed by atoms with Gasteiger partial charge in [0.2, 0.25) is 15.9 Å². The number of sulfonamides is 1. The number of rotatable bonds is 8. The van der Waals surface area contributed by atoms with Gasteiger partial charge in [-0.25, -0.2) is 8.42 Å². The topological polar surface area (TPSA) is 66.9 Å². The predicted octanol–water partition coefficient (Wildman–Crippen LogP) is -0.237. The maximum absolute atomic E-state index is 11.9. The van der Waals surface area contributed by atoms with Crippen LogP contribution in [0, 0.1) is 0 Å². The molecule has 0 aliphatic carbocycles. The summed E-state index contributed by atoms with van der Waals surface area (Å²) in [5.41, 5.74) is 0. The van der Waals surface area contributed by atoms with Gasteiger partial charge in [0.1, 0.15) is 0 Å². The fraction of sp³-hybridized carbons (Fsp3) is 0.900. The quantitative estimate of drug-likeness (QED) is 0.608. The average molecular weight is 266 g/mol. The van der Waals surface area contributed by atoms with Gasteiger partial charge >= 0.3 is 0 Å². The molecule has 0 unspecified atom stereocenters. The first-order valence-corrected chi connectivity index (χ1v) is 7.13. The Kier molecular flexibility index (Phi) is 7.33. The molecular weight excluding hydrogens is 244 g/mol. The highest BCUT2D eigenvalue weighted by molar-refractivity contribution is 7.89. The Hall–Kier alpha value is -0.660. The van der Waals surface area contributed by atoms with E-state index in [9.17, 15) is 13.2 Å². The standard InChI is InChI=1S/C10H22N2O4S/c1-5-8-17(14,15)12(6-7-16-4)9-10(13)11(2)3/h5-9H2,1-4H3. The Morgan fingerprint density at radius 3 is 2.29 bits per heavy atom. The molecule has 0 heterocycles. The van der Waals surface area contributed by atoms with Gasteiger partial charge in [0.15, 0.2) is 0 Å². The SMILES string of the molecule is CCCS(=O)(=O)N(CCOC)CC(=O)N(C)C. The van der Waals surface area contributed by atoms with E-state index >= 15 is 0 Å². The fourth-order valence-corrected chi connectivity index (χ4v) is 2.62. The van der Waals surface area contributed by atoms with E-state index in [2.05, 4.69) is 0 Å². The summed E-state index contributed by atoms with van der Waals surface area (Å²) in [4.78, 5) is 12.9. The molecule has 0 N–H and O–H groups in total. The Morgan fingerprint density at radius 1 is 1.29 bits per heavy atom. The van der Waals surface area contributed by atoms with Gasteiger partial charge in [0.05, 0.1) is 18.9 Å². The van der Waals surface area contributed by atoms with Gasteiger partial charge in [-0.3, -0.25) is 4.79 Å². The molecule has 0 saturated carbocycles. The average Bonchev–Trinajstić information content (AvgIpc) is 2.23. The normalized spacial score (nSPS) is 11.8. The molecule has 7 heteroatoms. The lowest BCUT2D eigenvalue weighted by atomic mass is 10.5. The second-order valence-corrected chi connectivity index (χ2v) is 6.02. The summed E-state index contributed by atoms with van der Waals surface area (Å²) in [6, 6.07) is 0. The highest BCUT2D eigenvalue weighted by atomic mass is 32.2. The maximum atomic E-state index is 11.9. The third-order valence-electron chi connectivity index (χ3n) is 2.21. The van der Waals surface area contributed by atoms with Crippen LogP contribution in [0.2, 0.25) is 0 Å². The van der Waals surface area contributed by atoms with Crippen molar-refractivity contribution in [3.05, 3.63) is 0 Å². The fourth-order valence-electron chi connectivity index (χ4n) is 1.19. The zero-order chi connectivity index (χ0) is 13.5. The second kappa shape index (κ2) is 7.62. The molecule has 0 saturated heterocycles. The van der Waals surface area contributed by atoms with Crippen molar-refractivity contribution in [1.82, 2.24) is 9.21 Å². The Bertz CT molecular complexity index is 327. The van der Waals surface area contributed by atoms with Crippen LogP contribution in [-0.4, -0.2) is 70.2 Å². The minimum absolute atomic E-state index is 0.0530. The van der Waals surface area contributed by atoms with Crippen LogP contribution in [0.5, 0.6) is 0 Å². The van der Waals surface area contributed by atoms with Crippen molar-refractivity contribution in [2.24, 2.45) is 0 Å². The van der Waals surface area contributed by atoms with Crippen LogP contribution < -0.4 is 0 Å². The Labute approximate surface area is 104 Å². The van der Waals surface area contributed by atoms with Crippen LogP contribution in [0.3, 0.4) is 0 Å². The number of hydrogen-bond acceptors (Lipinski definition) is 4. The number of likely N-dealkylation sites (N-methyl/N-ethyl adjacent to an activating group) is 1. The minimum Gasteiger partial charge on any atom is -0.383 e. The molecule has 0 aliphatic heterocycles. The number of amides is 1. The van der Waals surface area contributed by atoms with Gasteiger partial charge in [-0.1, -0.05) is 6.92 Å². The van der Waals surface area contributed by atoms with Gasteiger partial charge in [-0.2, -0.15) is 4.31 Å². The molecule has 0 aromatic rings. The van der Waals surface area contributed by atoms with E-state index in [4.69, 9.17) is 4.74 Å². The molecule has 17 heavy (non-hydrogen) atoms. The molecular formula is C10H22N2O4S. The van der Waals surface area contributed by atoms with Crippen molar-refractivity contribution < 1.29 is 17.9 Å². The predicted molar refractivity (Wildman–Crippen MR) is 66.2 cm³/mol. The van der Waals surface area contributed by atoms with Gasteiger partial charge < -0.3 is 9.64 Å². The molecule has 1 amide bonds. The Morgan fingerprint density at radius 2 is 1.88 bits per heavy atom. The third-order valence-corrected chi connectivity index (χ3v) is 4.23. The molecule has 0 aromatic heterocycles. The highest BCUT2D eigenvalue weighted by Crippen LogP contribution is 2.04. The van der Waals surface area contributed by atoms with Crippen LogP contribution in [0.4, 0.5) is 0 Å². The summed E-state index contributed by atoms with van der Waals surface area (Å²) in [7, 11) is 1.33. The lowest BCUT2D eigenvalue weighted by molar-refractivity contribution is -0.128. The summed E-state index contributed by atoms with van der Waals surface area (Å²) in [5, 5.41) is 0. The van der Waals surface area contributed by atoms with E-state index in [1.165, 1.54) is 16.3 Å². The van der Waals surface area contributed by atoms with Gasteiger partial charge in [0, 0.05) is 27.7 Å². The first kappa shape index (κ1) is 16.3. The molecule has 0 spiro atoms. The largest absolute Gasteiger partial charge is 0.383 e. The lowest BCUT2D eigenvalue weighted by Crippen LogP contribution is -2.42. The number of hydrogen-bond donors (Lipinski definition) is 0. The number of nitrogens with zero attached hydrogens (tertiary/aromatic N) is 2. The second-order valence-electron chi connectivity index (χ2n) is 3.93. The molecule has 102 valence electrons. The minimum atomic E-state index is -3.37. The van der Waals surface area contributed by atoms with Crippen molar-refractivity contribution in [1.29, 1.82) is 0 Å². The molecule has 0 bridgehead atoms. The zero-order valence-corrected chi connectivity index (χ0v) is 11.8. The van der Waals surface area contributed by atoms with E-state index in [1.807, 2.05) is 0 Å². The van der Waals surface area contributed by atoms with Crippen LogP contribution in [0.25, 0.3) is 0 Å². The number of methoxy groups -OCH3 is 1. The molecule has 0 aromatic carbocycles.